The molecular weight excluding hydrogens is 647 g/mol. The van der Waals surface area contributed by atoms with Gasteiger partial charge < -0.3 is 19.5 Å². The molecule has 0 aliphatic carbocycles. The van der Waals surface area contributed by atoms with Gasteiger partial charge in [0.15, 0.2) is 5.82 Å². The predicted molar refractivity (Wildman–Crippen MR) is 184 cm³/mol. The Labute approximate surface area is 287 Å². The fraction of sp³-hybridized carbons (Fsp3) is 0.405. The van der Waals surface area contributed by atoms with Crippen LogP contribution >= 0.6 is 11.6 Å². The Morgan fingerprint density at radius 3 is 2.92 bits per heavy atom. The van der Waals surface area contributed by atoms with Gasteiger partial charge in [0.25, 0.3) is 0 Å². The van der Waals surface area contributed by atoms with E-state index >= 15 is 4.39 Å². The van der Waals surface area contributed by atoms with E-state index in [-0.39, 0.29) is 40.7 Å². The van der Waals surface area contributed by atoms with Gasteiger partial charge in [-0.25, -0.2) is 14.2 Å². The van der Waals surface area contributed by atoms with Crippen molar-refractivity contribution in [2.24, 2.45) is 0 Å². The number of fused-ring (bicyclic) bond motifs is 7. The Balaban J connectivity index is 1.25. The highest BCUT2D eigenvalue weighted by Gasteiger charge is 2.53. The molecule has 5 aliphatic rings. The van der Waals surface area contributed by atoms with Crippen LogP contribution in [0.3, 0.4) is 0 Å². The van der Waals surface area contributed by atoms with Crippen LogP contribution in [0.25, 0.3) is 32.9 Å². The smallest absolute Gasteiger partial charge is 0.407 e. The van der Waals surface area contributed by atoms with E-state index in [0.717, 1.165) is 44.2 Å². The maximum Gasteiger partial charge on any atom is 0.407 e. The third-order valence-corrected chi connectivity index (χ3v) is 11.6. The summed E-state index contributed by atoms with van der Waals surface area (Å²) in [7, 11) is 0. The summed E-state index contributed by atoms with van der Waals surface area (Å²) in [6.45, 7) is 8.67. The first-order valence-electron chi connectivity index (χ1n) is 16.8. The number of hydrogen-bond acceptors (Lipinski definition) is 8. The van der Waals surface area contributed by atoms with Crippen molar-refractivity contribution >= 4 is 45.2 Å². The number of halogens is 2. The lowest BCUT2D eigenvalue weighted by atomic mass is 9.94. The molecule has 0 radical (unpaired) electrons. The summed E-state index contributed by atoms with van der Waals surface area (Å²) in [4.78, 5) is 33.0. The summed E-state index contributed by atoms with van der Waals surface area (Å²) >= 11 is 6.54. The molecule has 1 amide bonds. The Kier molecular flexibility index (Phi) is 6.78. The van der Waals surface area contributed by atoms with Gasteiger partial charge in [0.1, 0.15) is 35.1 Å². The van der Waals surface area contributed by atoms with E-state index in [0.29, 0.717) is 52.3 Å². The molecule has 5 aliphatic heterocycles. The normalized spacial score (nSPS) is 27.2. The van der Waals surface area contributed by atoms with Crippen LogP contribution in [0.15, 0.2) is 42.5 Å². The van der Waals surface area contributed by atoms with Gasteiger partial charge in [0.2, 0.25) is 5.88 Å². The molecule has 1 N–H and O–H groups in total. The van der Waals surface area contributed by atoms with Gasteiger partial charge in [-0.3, -0.25) is 9.80 Å². The molecule has 0 saturated carbocycles. The third-order valence-electron chi connectivity index (χ3n) is 11.3. The second-order valence-electron chi connectivity index (χ2n) is 14.0. The Morgan fingerprint density at radius 2 is 2.10 bits per heavy atom. The number of hydrogen-bond donors (Lipinski definition) is 1. The average molecular weight is 681 g/mol. The topological polar surface area (TPSA) is 104 Å². The molecule has 12 heteroatoms. The molecular formula is C37H34ClFN6O4. The highest BCUT2D eigenvalue weighted by molar-refractivity contribution is 6.33. The molecule has 250 valence electrons. The molecule has 2 aromatic carbocycles. The van der Waals surface area contributed by atoms with Gasteiger partial charge in [0.05, 0.1) is 34.3 Å². The summed E-state index contributed by atoms with van der Waals surface area (Å²) in [5.74, 6) is 2.62. The maximum atomic E-state index is 17.2. The monoisotopic (exact) mass is 680 g/mol. The molecule has 4 fully saturated rings. The number of carboxylic acid groups (broad SMARTS) is 1. The van der Waals surface area contributed by atoms with Crippen molar-refractivity contribution in [3.8, 4) is 35.5 Å². The van der Waals surface area contributed by atoms with Gasteiger partial charge in [-0.15, -0.1) is 6.42 Å². The summed E-state index contributed by atoms with van der Waals surface area (Å²) in [5, 5.41) is 12.3. The van der Waals surface area contributed by atoms with Crippen LogP contribution < -0.4 is 14.4 Å². The first-order chi connectivity index (χ1) is 23.7. The van der Waals surface area contributed by atoms with E-state index in [1.807, 2.05) is 25.1 Å². The molecule has 7 heterocycles. The van der Waals surface area contributed by atoms with Crippen molar-refractivity contribution in [3.05, 3.63) is 58.9 Å². The van der Waals surface area contributed by atoms with Crippen LogP contribution in [0, 0.1) is 18.2 Å². The van der Waals surface area contributed by atoms with Gasteiger partial charge in [0, 0.05) is 24.0 Å². The Bertz CT molecular complexity index is 2160. The first kappa shape index (κ1) is 30.4. The van der Waals surface area contributed by atoms with Gasteiger partial charge >= 0.3 is 12.1 Å². The van der Waals surface area contributed by atoms with Crippen LogP contribution in [0.1, 0.15) is 44.6 Å². The number of carbonyl (C=O) groups is 1. The molecule has 5 unspecified atom stereocenters. The van der Waals surface area contributed by atoms with Crippen molar-refractivity contribution < 1.29 is 23.8 Å². The second-order valence-corrected chi connectivity index (χ2v) is 14.4. The minimum Gasteiger partial charge on any atom is -0.472 e. The van der Waals surface area contributed by atoms with Crippen molar-refractivity contribution in [3.63, 3.8) is 0 Å². The number of ether oxygens (including phenoxy) is 2. The number of anilines is 1. The van der Waals surface area contributed by atoms with E-state index in [1.54, 1.807) is 17.0 Å². The Morgan fingerprint density at radius 1 is 1.24 bits per heavy atom. The van der Waals surface area contributed by atoms with Crippen molar-refractivity contribution in [2.45, 2.75) is 68.8 Å². The maximum absolute atomic E-state index is 17.2. The van der Waals surface area contributed by atoms with E-state index in [4.69, 9.17) is 42.4 Å². The number of pyridine rings is 1. The van der Waals surface area contributed by atoms with Crippen LogP contribution in [0.4, 0.5) is 15.0 Å². The lowest BCUT2D eigenvalue weighted by molar-refractivity contribution is 0.0706. The molecule has 5 atom stereocenters. The largest absolute Gasteiger partial charge is 0.472 e. The number of piperazine rings is 1. The summed E-state index contributed by atoms with van der Waals surface area (Å²) in [6, 6.07) is 8.11. The van der Waals surface area contributed by atoms with E-state index < -0.39 is 24.1 Å². The van der Waals surface area contributed by atoms with Crippen LogP contribution in [0.2, 0.25) is 5.02 Å². The highest BCUT2D eigenvalue weighted by Crippen LogP contribution is 2.48. The number of benzene rings is 2. The third kappa shape index (κ3) is 4.43. The zero-order valence-electron chi connectivity index (χ0n) is 27.0. The second kappa shape index (κ2) is 10.9. The van der Waals surface area contributed by atoms with Gasteiger partial charge in [-0.05, 0) is 57.0 Å². The highest BCUT2D eigenvalue weighted by atomic mass is 35.5. The summed E-state index contributed by atoms with van der Waals surface area (Å²) in [5.41, 5.74) is 1.88. The summed E-state index contributed by atoms with van der Waals surface area (Å²) in [6.07, 6.45) is 8.71. The average Bonchev–Trinajstić information content (AvgIpc) is 3.69. The molecule has 49 heavy (non-hydrogen) atoms. The van der Waals surface area contributed by atoms with E-state index in [2.05, 4.69) is 22.3 Å². The number of aromatic nitrogens is 3. The molecule has 10 nitrogen and oxygen atoms in total. The number of rotatable bonds is 4. The van der Waals surface area contributed by atoms with Crippen LogP contribution in [-0.2, 0) is 0 Å². The zero-order chi connectivity index (χ0) is 33.8. The molecule has 2 bridgehead atoms. The lowest BCUT2D eigenvalue weighted by Gasteiger charge is -2.47. The number of amides is 1. The SMILES string of the molecule is C#Cc1c(Cl)ccc2cccc(-c3nc4c5c(nc(OCC67CCCN6CC(=C)C7)nc5c3F)N3CC5CCC(C3C(C)O4)N5C(=O)O)c12. The summed E-state index contributed by atoms with van der Waals surface area (Å²) < 4.78 is 30.3. The molecule has 4 saturated heterocycles. The van der Waals surface area contributed by atoms with Gasteiger partial charge in [-0.2, -0.15) is 9.97 Å². The van der Waals surface area contributed by atoms with Crippen molar-refractivity contribution in [1.82, 2.24) is 24.8 Å². The molecule has 4 aromatic rings. The van der Waals surface area contributed by atoms with Crippen molar-refractivity contribution in [2.75, 3.05) is 31.1 Å². The quantitative estimate of drug-likeness (QED) is 0.197. The fourth-order valence-electron chi connectivity index (χ4n) is 9.30. The molecule has 0 spiro atoms. The number of terminal acetylenes is 1. The van der Waals surface area contributed by atoms with Crippen molar-refractivity contribution in [1.29, 1.82) is 0 Å². The number of nitrogens with zero attached hydrogens (tertiary/aromatic N) is 6. The zero-order valence-corrected chi connectivity index (χ0v) is 27.7. The Hall–Kier alpha value is -4.66. The lowest BCUT2D eigenvalue weighted by Crippen LogP contribution is -2.64. The van der Waals surface area contributed by atoms with Crippen LogP contribution in [-0.4, -0.2) is 92.0 Å². The standard InChI is InChI=1S/C37H34ClFN6O4/c1-4-23-25(38)11-9-21-7-5-8-24(27(21)23)30-29(39)31-28-33(42-35(41-31)48-18-37-13-6-14-43(37)16-19(2)15-37)44-17-22-10-12-26(45(22)36(46)47)32(44)20(3)49-34(28)40-30/h1,5,7-9,11,20,22,26,32H,2,6,10,12-18H2,3H3,(H,46,47). The van der Waals surface area contributed by atoms with Gasteiger partial charge in [-0.1, -0.05) is 53.9 Å². The van der Waals surface area contributed by atoms with E-state index in [9.17, 15) is 9.90 Å². The molecule has 9 rings (SSSR count). The predicted octanol–water partition coefficient (Wildman–Crippen LogP) is 6.27. The van der Waals surface area contributed by atoms with E-state index in [1.165, 1.54) is 5.57 Å². The first-order valence-corrected chi connectivity index (χ1v) is 17.1. The minimum absolute atomic E-state index is 0.0101. The molecule has 2 aromatic heterocycles. The van der Waals surface area contributed by atoms with Crippen LogP contribution in [0.5, 0.6) is 11.9 Å². The fourth-order valence-corrected chi connectivity index (χ4v) is 9.51. The minimum atomic E-state index is -0.957.